The van der Waals surface area contributed by atoms with E-state index in [9.17, 15) is 9.59 Å². The number of Topliss-reactive ketones (excluding diaryl/α,β-unsaturated/α-hetero) is 1. The van der Waals surface area contributed by atoms with Crippen LogP contribution in [0.5, 0.6) is 0 Å². The lowest BCUT2D eigenvalue weighted by Crippen LogP contribution is -2.24. The van der Waals surface area contributed by atoms with Gasteiger partial charge in [0.2, 0.25) is 5.78 Å². The van der Waals surface area contributed by atoms with Crippen molar-refractivity contribution in [2.45, 2.75) is 13.8 Å². The van der Waals surface area contributed by atoms with Gasteiger partial charge in [-0.05, 0) is 13.8 Å². The molecule has 3 heteroatoms. The first-order chi connectivity index (χ1) is 5.57. The summed E-state index contributed by atoms with van der Waals surface area (Å²) in [5, 5.41) is 2.69. The maximum atomic E-state index is 11.4. The van der Waals surface area contributed by atoms with E-state index in [0.717, 1.165) is 0 Å². The van der Waals surface area contributed by atoms with Crippen LogP contribution in [0.25, 0.3) is 0 Å². The van der Waals surface area contributed by atoms with Gasteiger partial charge < -0.3 is 5.32 Å². The van der Waals surface area contributed by atoms with Gasteiger partial charge >= 0.3 is 0 Å². The predicted molar refractivity (Wildman–Crippen MR) is 45.5 cm³/mol. The third-order valence-corrected chi connectivity index (χ3v) is 2.06. The van der Waals surface area contributed by atoms with Gasteiger partial charge in [-0.15, -0.1) is 0 Å². The molecule has 0 saturated heterocycles. The molecule has 1 aliphatic carbocycles. The Morgan fingerprint density at radius 2 is 1.75 bits per heavy atom. The number of hydrogen-bond acceptors (Lipinski definition) is 3. The summed E-state index contributed by atoms with van der Waals surface area (Å²) in [6.07, 6.45) is 1.34. The van der Waals surface area contributed by atoms with Gasteiger partial charge in [0.1, 0.15) is 0 Å². The number of carbonyl (C=O) groups excluding carboxylic acids is 2. The standard InChI is InChI=1S/C9H11NO2/c1-5-6(2)9(12)7(10-3)4-8(5)11/h4,10H,1-3H3. The summed E-state index contributed by atoms with van der Waals surface area (Å²) in [7, 11) is 1.63. The molecule has 0 aromatic heterocycles. The summed E-state index contributed by atoms with van der Waals surface area (Å²) in [6, 6.07) is 0. The Kier molecular flexibility index (Phi) is 2.13. The number of ketones is 2. The molecule has 0 radical (unpaired) electrons. The molecule has 1 aliphatic rings. The molecule has 0 unspecified atom stereocenters. The number of rotatable bonds is 1. The van der Waals surface area contributed by atoms with Crippen LogP contribution in [0.4, 0.5) is 0 Å². The molecular weight excluding hydrogens is 154 g/mol. The first kappa shape index (κ1) is 8.71. The van der Waals surface area contributed by atoms with E-state index in [-0.39, 0.29) is 11.6 Å². The number of carbonyl (C=O) groups is 2. The Morgan fingerprint density at radius 3 is 2.25 bits per heavy atom. The molecule has 0 aromatic carbocycles. The molecule has 0 aliphatic heterocycles. The van der Waals surface area contributed by atoms with Gasteiger partial charge in [-0.2, -0.15) is 0 Å². The van der Waals surface area contributed by atoms with E-state index in [1.54, 1.807) is 20.9 Å². The second kappa shape index (κ2) is 2.93. The highest BCUT2D eigenvalue weighted by atomic mass is 16.1. The molecule has 0 heterocycles. The van der Waals surface area contributed by atoms with E-state index in [1.807, 2.05) is 0 Å². The van der Waals surface area contributed by atoms with Crippen molar-refractivity contribution in [2.24, 2.45) is 0 Å². The van der Waals surface area contributed by atoms with Crippen LogP contribution in [0.15, 0.2) is 22.9 Å². The van der Waals surface area contributed by atoms with Crippen molar-refractivity contribution in [3.8, 4) is 0 Å². The molecule has 0 atom stereocenters. The number of hydrogen-bond donors (Lipinski definition) is 1. The molecule has 0 bridgehead atoms. The minimum absolute atomic E-state index is 0.0866. The van der Waals surface area contributed by atoms with Gasteiger partial charge in [-0.1, -0.05) is 0 Å². The summed E-state index contributed by atoms with van der Waals surface area (Å²) >= 11 is 0. The van der Waals surface area contributed by atoms with Crippen LogP contribution in [0.3, 0.4) is 0 Å². The van der Waals surface area contributed by atoms with Crippen molar-refractivity contribution in [3.63, 3.8) is 0 Å². The average molecular weight is 165 g/mol. The third kappa shape index (κ3) is 1.18. The lowest BCUT2D eigenvalue weighted by atomic mass is 9.95. The first-order valence-corrected chi connectivity index (χ1v) is 3.74. The van der Waals surface area contributed by atoms with Crippen LogP contribution in [0, 0.1) is 0 Å². The normalized spacial score (nSPS) is 18.1. The minimum atomic E-state index is -0.0883. The van der Waals surface area contributed by atoms with E-state index in [2.05, 4.69) is 5.32 Å². The Balaban J connectivity index is 3.13. The molecule has 64 valence electrons. The second-order valence-corrected chi connectivity index (χ2v) is 2.75. The smallest absolute Gasteiger partial charge is 0.205 e. The molecule has 0 saturated carbocycles. The number of likely N-dealkylation sites (N-methyl/N-ethyl adjacent to an activating group) is 1. The van der Waals surface area contributed by atoms with Gasteiger partial charge in [-0.25, -0.2) is 0 Å². The van der Waals surface area contributed by atoms with Crippen LogP contribution in [0.1, 0.15) is 13.8 Å². The van der Waals surface area contributed by atoms with Crippen molar-refractivity contribution in [2.75, 3.05) is 7.05 Å². The zero-order valence-electron chi connectivity index (χ0n) is 7.39. The largest absolute Gasteiger partial charge is 0.385 e. The predicted octanol–water partition coefficient (Wildman–Crippen LogP) is 0.578. The van der Waals surface area contributed by atoms with Crippen LogP contribution in [-0.2, 0) is 9.59 Å². The van der Waals surface area contributed by atoms with Crippen LogP contribution >= 0.6 is 0 Å². The first-order valence-electron chi connectivity index (χ1n) is 3.74. The van der Waals surface area contributed by atoms with E-state index >= 15 is 0 Å². The van der Waals surface area contributed by atoms with Crippen molar-refractivity contribution < 1.29 is 9.59 Å². The molecule has 0 aromatic rings. The van der Waals surface area contributed by atoms with Crippen molar-refractivity contribution in [3.05, 3.63) is 22.9 Å². The van der Waals surface area contributed by atoms with E-state index in [0.29, 0.717) is 16.8 Å². The van der Waals surface area contributed by atoms with Crippen LogP contribution < -0.4 is 5.32 Å². The zero-order chi connectivity index (χ0) is 9.30. The Bertz CT molecular complexity index is 310. The summed E-state index contributed by atoms with van der Waals surface area (Å²) in [5.74, 6) is -0.175. The molecule has 12 heavy (non-hydrogen) atoms. The Morgan fingerprint density at radius 1 is 1.17 bits per heavy atom. The zero-order valence-corrected chi connectivity index (χ0v) is 7.39. The molecule has 0 amide bonds. The highest BCUT2D eigenvalue weighted by Gasteiger charge is 2.21. The summed E-state index contributed by atoms with van der Waals surface area (Å²) < 4.78 is 0. The summed E-state index contributed by atoms with van der Waals surface area (Å²) in [5.41, 5.74) is 1.45. The average Bonchev–Trinajstić information content (AvgIpc) is 2.08. The third-order valence-electron chi connectivity index (χ3n) is 2.06. The monoisotopic (exact) mass is 165 g/mol. The minimum Gasteiger partial charge on any atom is -0.385 e. The van der Waals surface area contributed by atoms with Gasteiger partial charge in [0, 0.05) is 24.3 Å². The van der Waals surface area contributed by atoms with Crippen LogP contribution in [-0.4, -0.2) is 18.6 Å². The maximum absolute atomic E-state index is 11.4. The van der Waals surface area contributed by atoms with Crippen molar-refractivity contribution >= 4 is 11.6 Å². The SMILES string of the molecule is CNC1=CC(=O)C(C)=C(C)C1=O. The Hall–Kier alpha value is -1.38. The summed E-state index contributed by atoms with van der Waals surface area (Å²) in [4.78, 5) is 22.6. The molecule has 3 nitrogen and oxygen atoms in total. The lowest BCUT2D eigenvalue weighted by Gasteiger charge is -2.12. The van der Waals surface area contributed by atoms with Gasteiger partial charge in [0.25, 0.3) is 0 Å². The molecule has 1 rings (SSSR count). The number of allylic oxidation sites excluding steroid dienone is 3. The van der Waals surface area contributed by atoms with Crippen molar-refractivity contribution in [1.82, 2.24) is 5.32 Å². The highest BCUT2D eigenvalue weighted by Crippen LogP contribution is 2.16. The van der Waals surface area contributed by atoms with Gasteiger partial charge in [0.05, 0.1) is 5.70 Å². The molecular formula is C9H11NO2. The van der Waals surface area contributed by atoms with Gasteiger partial charge in [-0.3, -0.25) is 9.59 Å². The summed E-state index contributed by atoms with van der Waals surface area (Å²) in [6.45, 7) is 3.33. The molecule has 0 spiro atoms. The van der Waals surface area contributed by atoms with Crippen LogP contribution in [0.2, 0.25) is 0 Å². The van der Waals surface area contributed by atoms with E-state index in [1.165, 1.54) is 6.08 Å². The van der Waals surface area contributed by atoms with Crippen molar-refractivity contribution in [1.29, 1.82) is 0 Å². The topological polar surface area (TPSA) is 46.2 Å². The maximum Gasteiger partial charge on any atom is 0.205 e. The molecule has 1 N–H and O–H groups in total. The highest BCUT2D eigenvalue weighted by molar-refractivity contribution is 6.21. The lowest BCUT2D eigenvalue weighted by molar-refractivity contribution is -0.116. The fourth-order valence-electron chi connectivity index (χ4n) is 1.05. The van der Waals surface area contributed by atoms with Gasteiger partial charge in [0.15, 0.2) is 5.78 Å². The number of nitrogens with one attached hydrogen (secondary N) is 1. The molecule has 0 fully saturated rings. The second-order valence-electron chi connectivity index (χ2n) is 2.75. The quantitative estimate of drug-likeness (QED) is 0.578. The Labute approximate surface area is 71.1 Å². The van der Waals surface area contributed by atoms with E-state index < -0.39 is 0 Å². The fourth-order valence-corrected chi connectivity index (χ4v) is 1.05. The fraction of sp³-hybridized carbons (Fsp3) is 0.333. The van der Waals surface area contributed by atoms with E-state index in [4.69, 9.17) is 0 Å².